The van der Waals surface area contributed by atoms with Crippen LogP contribution in [0.25, 0.3) is 116 Å². The number of hydrogen-bond acceptors (Lipinski definition) is 2. The number of benzene rings is 14. The number of rotatable bonds is 8. The highest BCUT2D eigenvalue weighted by Crippen LogP contribution is 2.50. The monoisotopic (exact) mass is 1140 g/mol. The normalized spacial score (nSPS) is 12.6. The Hall–Kier alpha value is -11.9. The third-order valence-electron chi connectivity index (χ3n) is 19.2. The fourth-order valence-corrected chi connectivity index (χ4v) is 15.5. The summed E-state index contributed by atoms with van der Waals surface area (Å²) < 4.78 is 7.50. The number of anilines is 6. The Bertz CT molecular complexity index is 5610. The van der Waals surface area contributed by atoms with Crippen molar-refractivity contribution >= 4 is 123 Å². The number of fused-ring (bicyclic) bond motifs is 13. The minimum atomic E-state index is -0.150. The first kappa shape index (κ1) is 50.3. The van der Waals surface area contributed by atoms with Crippen molar-refractivity contribution in [1.29, 1.82) is 0 Å². The lowest BCUT2D eigenvalue weighted by molar-refractivity contribution is 1.10. The molecule has 0 saturated heterocycles. The number of para-hydroxylation sites is 9. The molecule has 14 aromatic carbocycles. The zero-order valence-electron chi connectivity index (χ0n) is 49.0. The lowest BCUT2D eigenvalue weighted by Crippen LogP contribution is -2.61. The Morgan fingerprint density at radius 1 is 0.211 bits per heavy atom. The van der Waals surface area contributed by atoms with Crippen LogP contribution in [0, 0.1) is 0 Å². The Labute approximate surface area is 521 Å². The van der Waals surface area contributed by atoms with Gasteiger partial charge in [0.25, 0.3) is 6.71 Å². The summed E-state index contributed by atoms with van der Waals surface area (Å²) in [6, 6.07) is 122. The SMILES string of the molecule is c1ccc(-c2ccccc2N2c3cc(-c4cccc(-n5c6ccccc6c6ccccc65)c4-n4c5ccccc5c5ccccc54)ccc3B3c4ccc(-n5c6ccccc6c6ccccc65)cc4N(c4ccccc4-c4ccccc4)c4cccc2c43)cc1. The van der Waals surface area contributed by atoms with Crippen LogP contribution in [0.1, 0.15) is 0 Å². The van der Waals surface area contributed by atoms with E-state index in [1.54, 1.807) is 0 Å². The van der Waals surface area contributed by atoms with Crippen molar-refractivity contribution in [2.24, 2.45) is 0 Å². The van der Waals surface area contributed by atoms with E-state index in [0.29, 0.717) is 0 Å². The summed E-state index contributed by atoms with van der Waals surface area (Å²) in [6.45, 7) is -0.150. The molecule has 90 heavy (non-hydrogen) atoms. The van der Waals surface area contributed by atoms with Gasteiger partial charge < -0.3 is 23.5 Å². The third kappa shape index (κ3) is 7.33. The molecule has 17 aromatic rings. The van der Waals surface area contributed by atoms with Crippen molar-refractivity contribution in [3.8, 4) is 50.4 Å². The maximum Gasteiger partial charge on any atom is 0.252 e. The highest BCUT2D eigenvalue weighted by atomic mass is 15.2. The van der Waals surface area contributed by atoms with Gasteiger partial charge in [0.15, 0.2) is 0 Å². The first-order valence-electron chi connectivity index (χ1n) is 31.1. The largest absolute Gasteiger partial charge is 0.311 e. The molecule has 3 aromatic heterocycles. The van der Waals surface area contributed by atoms with Crippen molar-refractivity contribution in [3.63, 3.8) is 0 Å². The quantitative estimate of drug-likeness (QED) is 0.141. The van der Waals surface area contributed by atoms with E-state index in [4.69, 9.17) is 0 Å². The molecule has 0 atom stereocenters. The summed E-state index contributed by atoms with van der Waals surface area (Å²) in [5.41, 5.74) is 27.8. The molecule has 0 amide bonds. The van der Waals surface area contributed by atoms with Crippen LogP contribution in [0.4, 0.5) is 34.1 Å². The van der Waals surface area contributed by atoms with E-state index < -0.39 is 0 Å². The minimum absolute atomic E-state index is 0.150. The van der Waals surface area contributed by atoms with Gasteiger partial charge in [-0.2, -0.15) is 0 Å². The van der Waals surface area contributed by atoms with Gasteiger partial charge in [0.2, 0.25) is 0 Å². The van der Waals surface area contributed by atoms with Crippen LogP contribution in [-0.4, -0.2) is 20.4 Å². The summed E-state index contributed by atoms with van der Waals surface area (Å²) in [6.07, 6.45) is 0. The second-order valence-electron chi connectivity index (χ2n) is 23.9. The van der Waals surface area contributed by atoms with Crippen LogP contribution < -0.4 is 26.2 Å². The smallest absolute Gasteiger partial charge is 0.252 e. The van der Waals surface area contributed by atoms with E-state index in [9.17, 15) is 0 Å². The first-order valence-corrected chi connectivity index (χ1v) is 31.1. The van der Waals surface area contributed by atoms with Gasteiger partial charge in [-0.05, 0) is 118 Å². The van der Waals surface area contributed by atoms with Gasteiger partial charge in [0, 0.05) is 77.4 Å². The van der Waals surface area contributed by atoms with E-state index in [1.807, 2.05) is 0 Å². The van der Waals surface area contributed by atoms with Crippen LogP contribution in [0.2, 0.25) is 0 Å². The first-order chi connectivity index (χ1) is 44.7. The topological polar surface area (TPSA) is 21.3 Å². The Kier molecular flexibility index (Phi) is 11.1. The molecule has 0 radical (unpaired) electrons. The maximum atomic E-state index is 2.59. The zero-order valence-corrected chi connectivity index (χ0v) is 49.0. The molecule has 6 heteroatoms. The third-order valence-corrected chi connectivity index (χ3v) is 19.2. The summed E-state index contributed by atoms with van der Waals surface area (Å²) >= 11 is 0. The van der Waals surface area contributed by atoms with Crippen molar-refractivity contribution in [2.45, 2.75) is 0 Å². The molecule has 418 valence electrons. The Morgan fingerprint density at radius 2 is 0.567 bits per heavy atom. The van der Waals surface area contributed by atoms with Crippen LogP contribution in [0.3, 0.4) is 0 Å². The minimum Gasteiger partial charge on any atom is -0.311 e. The van der Waals surface area contributed by atoms with Gasteiger partial charge in [-0.3, -0.25) is 0 Å². The molecule has 19 rings (SSSR count). The fraction of sp³-hybridized carbons (Fsp3) is 0. The van der Waals surface area contributed by atoms with Gasteiger partial charge in [-0.25, -0.2) is 0 Å². The van der Waals surface area contributed by atoms with E-state index in [1.165, 1.54) is 65.3 Å². The highest BCUT2D eigenvalue weighted by molar-refractivity contribution is 7.00. The van der Waals surface area contributed by atoms with Gasteiger partial charge in [-0.15, -0.1) is 0 Å². The van der Waals surface area contributed by atoms with Gasteiger partial charge in [-0.1, -0.05) is 243 Å². The van der Waals surface area contributed by atoms with Crippen LogP contribution in [-0.2, 0) is 0 Å². The molecule has 0 unspecified atom stereocenters. The van der Waals surface area contributed by atoms with Crippen LogP contribution >= 0.6 is 0 Å². The lowest BCUT2D eigenvalue weighted by Gasteiger charge is -2.45. The van der Waals surface area contributed by atoms with Crippen LogP contribution in [0.5, 0.6) is 0 Å². The van der Waals surface area contributed by atoms with Crippen molar-refractivity contribution in [1.82, 2.24) is 13.7 Å². The van der Waals surface area contributed by atoms with Gasteiger partial charge in [0.1, 0.15) is 0 Å². The summed E-state index contributed by atoms with van der Waals surface area (Å²) in [4.78, 5) is 5.16. The molecule has 0 spiro atoms. The van der Waals surface area contributed by atoms with E-state index in [0.717, 1.165) is 101 Å². The Balaban J connectivity index is 0.914. The molecule has 0 bridgehead atoms. The predicted octanol–water partition coefficient (Wildman–Crippen LogP) is 20.1. The molecule has 0 saturated carbocycles. The number of hydrogen-bond donors (Lipinski definition) is 0. The molecule has 0 aliphatic carbocycles. The molecular weight excluding hydrogens is 1090 g/mol. The lowest BCUT2D eigenvalue weighted by atomic mass is 9.33. The molecule has 2 aliphatic heterocycles. The average molecular weight is 1140 g/mol. The summed E-state index contributed by atoms with van der Waals surface area (Å²) in [5.74, 6) is 0. The number of nitrogens with zero attached hydrogens (tertiary/aromatic N) is 5. The van der Waals surface area contributed by atoms with E-state index >= 15 is 0 Å². The van der Waals surface area contributed by atoms with E-state index in [2.05, 4.69) is 351 Å². The van der Waals surface area contributed by atoms with Gasteiger partial charge in [0.05, 0.1) is 55.8 Å². The van der Waals surface area contributed by atoms with Gasteiger partial charge >= 0.3 is 0 Å². The summed E-state index contributed by atoms with van der Waals surface area (Å²) in [5, 5.41) is 7.36. The maximum absolute atomic E-state index is 2.59. The molecule has 5 nitrogen and oxygen atoms in total. The van der Waals surface area contributed by atoms with Crippen molar-refractivity contribution in [3.05, 3.63) is 328 Å². The van der Waals surface area contributed by atoms with E-state index in [-0.39, 0.29) is 6.71 Å². The molecule has 2 aliphatic rings. The second-order valence-corrected chi connectivity index (χ2v) is 23.9. The molecule has 0 N–H and O–H groups in total. The average Bonchev–Trinajstić information content (AvgIpc) is 0.807. The molecule has 0 fully saturated rings. The highest BCUT2D eigenvalue weighted by Gasteiger charge is 2.44. The molecule has 5 heterocycles. The van der Waals surface area contributed by atoms with Crippen LogP contribution in [0.15, 0.2) is 328 Å². The zero-order chi connectivity index (χ0) is 59.0. The van der Waals surface area contributed by atoms with Crippen molar-refractivity contribution in [2.75, 3.05) is 9.80 Å². The predicted molar refractivity (Wildman–Crippen MR) is 380 cm³/mol. The summed E-state index contributed by atoms with van der Waals surface area (Å²) in [7, 11) is 0. The standard InChI is InChI=1S/C84H54BN5/c1-3-25-55(26-4-1)59-29-7-15-38-70(59)88-78-46-24-47-79-83(78)85(69-52-50-58(86-72-40-17-9-31-62(72)63-32-10-18-41-73(63)86)54-82(69)89(79)71-39-16-8-30-60(71)56-27-5-2-6-28-56)68-51-49-57(53-81(68)88)61-37-23-48-80(87-74-42-19-11-33-64(74)65-34-12-20-43-75(65)87)84(61)90-76-44-21-13-35-66(76)67-36-14-22-45-77(67)90/h1-54H. The second kappa shape index (κ2) is 19.8. The Morgan fingerprint density at radius 3 is 1.06 bits per heavy atom. The molecular formula is C84H54BN5. The number of aromatic nitrogens is 3. The fourth-order valence-electron chi connectivity index (χ4n) is 15.5. The van der Waals surface area contributed by atoms with Crippen molar-refractivity contribution < 1.29 is 0 Å².